The third-order valence-electron chi connectivity index (χ3n) is 2.50. The summed E-state index contributed by atoms with van der Waals surface area (Å²) in [5.41, 5.74) is 0.545. The van der Waals surface area contributed by atoms with Crippen LogP contribution in [0.2, 0.25) is 5.02 Å². The van der Waals surface area contributed by atoms with Gasteiger partial charge in [-0.25, -0.2) is 0 Å². The molecule has 0 aliphatic carbocycles. The summed E-state index contributed by atoms with van der Waals surface area (Å²) in [4.78, 5) is 11.2. The highest BCUT2D eigenvalue weighted by Crippen LogP contribution is 2.26. The van der Waals surface area contributed by atoms with E-state index in [1.807, 2.05) is 6.92 Å². The lowest BCUT2D eigenvalue weighted by molar-refractivity contribution is 0.101. The molecule has 0 radical (unpaired) electrons. The minimum atomic E-state index is -0.0436. The number of aromatic nitrogens is 2. The lowest BCUT2D eigenvalue weighted by atomic mass is 10.1. The van der Waals surface area contributed by atoms with E-state index in [1.165, 1.54) is 6.92 Å². The Kier molecular flexibility index (Phi) is 4.16. The highest BCUT2D eigenvalue weighted by Gasteiger charge is 2.09. The molecule has 2 rings (SSSR count). The largest absolute Gasteiger partial charge is 0.482 e. The molecule has 0 spiro atoms. The summed E-state index contributed by atoms with van der Waals surface area (Å²) in [6.45, 7) is 3.55. The van der Waals surface area contributed by atoms with Gasteiger partial charge in [0.05, 0.1) is 5.02 Å². The van der Waals surface area contributed by atoms with Crippen LogP contribution in [0.5, 0.6) is 5.75 Å². The van der Waals surface area contributed by atoms with Gasteiger partial charge < -0.3 is 9.15 Å². The molecular weight excluding hydrogens is 268 g/mol. The van der Waals surface area contributed by atoms with Crippen LogP contribution in [-0.2, 0) is 13.0 Å². The van der Waals surface area contributed by atoms with Crippen molar-refractivity contribution >= 4 is 17.4 Å². The molecule has 0 unspecified atom stereocenters. The maximum absolute atomic E-state index is 11.2. The van der Waals surface area contributed by atoms with Gasteiger partial charge in [-0.05, 0) is 25.1 Å². The zero-order chi connectivity index (χ0) is 13.8. The second-order valence-corrected chi connectivity index (χ2v) is 4.34. The molecule has 5 nitrogen and oxygen atoms in total. The fraction of sp³-hybridized carbons (Fsp3) is 0.308. The number of ether oxygens (including phenoxy) is 1. The van der Waals surface area contributed by atoms with Crippen molar-refractivity contribution in [3.63, 3.8) is 0 Å². The number of aryl methyl sites for hydroxylation is 1. The Labute approximate surface area is 115 Å². The number of carbonyl (C=O) groups excluding carboxylic acids is 1. The van der Waals surface area contributed by atoms with E-state index in [4.69, 9.17) is 20.8 Å². The monoisotopic (exact) mass is 280 g/mol. The van der Waals surface area contributed by atoms with Gasteiger partial charge in [-0.2, -0.15) is 0 Å². The number of halogens is 1. The van der Waals surface area contributed by atoms with Crippen molar-refractivity contribution in [2.24, 2.45) is 0 Å². The number of hydrogen-bond acceptors (Lipinski definition) is 5. The van der Waals surface area contributed by atoms with Crippen molar-refractivity contribution in [2.75, 3.05) is 0 Å². The maximum Gasteiger partial charge on any atom is 0.253 e. The van der Waals surface area contributed by atoms with Gasteiger partial charge in [-0.3, -0.25) is 4.79 Å². The van der Waals surface area contributed by atoms with Gasteiger partial charge in [-0.15, -0.1) is 10.2 Å². The average Bonchev–Trinajstić information content (AvgIpc) is 2.85. The molecule has 1 heterocycles. The number of benzene rings is 1. The zero-order valence-electron chi connectivity index (χ0n) is 10.6. The summed E-state index contributed by atoms with van der Waals surface area (Å²) >= 11 is 6.03. The van der Waals surface area contributed by atoms with Crippen molar-refractivity contribution in [2.45, 2.75) is 26.9 Å². The summed E-state index contributed by atoms with van der Waals surface area (Å²) in [5.74, 6) is 1.39. The van der Waals surface area contributed by atoms with Gasteiger partial charge in [0, 0.05) is 12.0 Å². The lowest BCUT2D eigenvalue weighted by Crippen LogP contribution is -1.98. The number of rotatable bonds is 5. The van der Waals surface area contributed by atoms with Crippen LogP contribution in [-0.4, -0.2) is 16.0 Å². The second kappa shape index (κ2) is 5.84. The molecule has 0 aliphatic rings. The lowest BCUT2D eigenvalue weighted by Gasteiger charge is -2.06. The number of nitrogens with zero attached hydrogens (tertiary/aromatic N) is 2. The van der Waals surface area contributed by atoms with Gasteiger partial charge in [0.2, 0.25) is 5.89 Å². The summed E-state index contributed by atoms with van der Waals surface area (Å²) in [6, 6.07) is 4.88. The van der Waals surface area contributed by atoms with E-state index in [0.29, 0.717) is 34.5 Å². The first-order valence-electron chi connectivity index (χ1n) is 5.84. The molecule has 0 N–H and O–H groups in total. The SMILES string of the molecule is CCc1nnc(COc2ccc(C(C)=O)cc2Cl)o1. The smallest absolute Gasteiger partial charge is 0.253 e. The standard InChI is InChI=1S/C13H13ClN2O3/c1-3-12-15-16-13(19-12)7-18-11-5-4-9(8(2)17)6-10(11)14/h4-6H,3,7H2,1-2H3. The molecular formula is C13H13ClN2O3. The van der Waals surface area contributed by atoms with Crippen LogP contribution < -0.4 is 4.74 Å². The molecule has 0 atom stereocenters. The van der Waals surface area contributed by atoms with Crippen molar-refractivity contribution in [3.05, 3.63) is 40.6 Å². The van der Waals surface area contributed by atoms with Gasteiger partial charge in [-0.1, -0.05) is 18.5 Å². The first-order chi connectivity index (χ1) is 9.10. The Balaban J connectivity index is 2.05. The topological polar surface area (TPSA) is 65.2 Å². The Morgan fingerprint density at radius 1 is 1.37 bits per heavy atom. The van der Waals surface area contributed by atoms with Gasteiger partial charge in [0.1, 0.15) is 5.75 Å². The normalized spacial score (nSPS) is 10.5. The number of hydrogen-bond donors (Lipinski definition) is 0. The summed E-state index contributed by atoms with van der Waals surface area (Å²) in [7, 11) is 0. The molecule has 19 heavy (non-hydrogen) atoms. The van der Waals surface area contributed by atoms with Crippen molar-refractivity contribution < 1.29 is 13.9 Å². The molecule has 1 aromatic heterocycles. The van der Waals surface area contributed by atoms with E-state index in [-0.39, 0.29) is 12.4 Å². The van der Waals surface area contributed by atoms with E-state index < -0.39 is 0 Å². The quantitative estimate of drug-likeness (QED) is 0.788. The first kappa shape index (κ1) is 13.5. The van der Waals surface area contributed by atoms with Gasteiger partial charge in [0.25, 0.3) is 5.89 Å². The van der Waals surface area contributed by atoms with Gasteiger partial charge in [0.15, 0.2) is 12.4 Å². The number of carbonyl (C=O) groups is 1. The van der Waals surface area contributed by atoms with Crippen molar-refractivity contribution in [1.29, 1.82) is 0 Å². The average molecular weight is 281 g/mol. The van der Waals surface area contributed by atoms with Gasteiger partial charge >= 0.3 is 0 Å². The molecule has 0 bridgehead atoms. The molecule has 6 heteroatoms. The molecule has 0 fully saturated rings. The highest BCUT2D eigenvalue weighted by atomic mass is 35.5. The predicted molar refractivity (Wildman–Crippen MR) is 69.5 cm³/mol. The summed E-state index contributed by atoms with van der Waals surface area (Å²) in [5, 5.41) is 8.05. The molecule has 100 valence electrons. The third-order valence-corrected chi connectivity index (χ3v) is 2.80. The Morgan fingerprint density at radius 3 is 2.68 bits per heavy atom. The predicted octanol–water partition coefficient (Wildman–Crippen LogP) is 3.07. The van der Waals surface area contributed by atoms with Crippen LogP contribution >= 0.6 is 11.6 Å². The molecule has 0 amide bonds. The Morgan fingerprint density at radius 2 is 2.11 bits per heavy atom. The van der Waals surface area contributed by atoms with Crippen LogP contribution in [0.4, 0.5) is 0 Å². The van der Waals surface area contributed by atoms with Crippen LogP contribution in [0.3, 0.4) is 0 Å². The highest BCUT2D eigenvalue weighted by molar-refractivity contribution is 6.32. The third kappa shape index (κ3) is 3.32. The van der Waals surface area contributed by atoms with Crippen molar-refractivity contribution in [3.8, 4) is 5.75 Å². The number of ketones is 1. The van der Waals surface area contributed by atoms with Crippen molar-refractivity contribution in [1.82, 2.24) is 10.2 Å². The first-order valence-corrected chi connectivity index (χ1v) is 6.22. The maximum atomic E-state index is 11.2. The zero-order valence-corrected chi connectivity index (χ0v) is 11.4. The van der Waals surface area contributed by atoms with E-state index in [1.54, 1.807) is 18.2 Å². The summed E-state index contributed by atoms with van der Waals surface area (Å²) < 4.78 is 10.8. The molecule has 1 aromatic carbocycles. The fourth-order valence-corrected chi connectivity index (χ4v) is 1.70. The van der Waals surface area contributed by atoms with E-state index >= 15 is 0 Å². The minimum absolute atomic E-state index is 0.0436. The second-order valence-electron chi connectivity index (χ2n) is 3.93. The van der Waals surface area contributed by atoms with E-state index in [9.17, 15) is 4.79 Å². The Bertz CT molecular complexity index is 595. The molecule has 0 aliphatic heterocycles. The van der Waals surface area contributed by atoms with E-state index in [2.05, 4.69) is 10.2 Å². The molecule has 2 aromatic rings. The molecule has 0 saturated carbocycles. The van der Waals surface area contributed by atoms with Crippen LogP contribution in [0.25, 0.3) is 0 Å². The number of Topliss-reactive ketones (excluding diaryl/α,β-unsaturated/α-hetero) is 1. The van der Waals surface area contributed by atoms with Crippen LogP contribution in [0, 0.1) is 0 Å². The molecule has 0 saturated heterocycles. The van der Waals surface area contributed by atoms with Crippen LogP contribution in [0.1, 0.15) is 36.0 Å². The minimum Gasteiger partial charge on any atom is -0.482 e. The summed E-state index contributed by atoms with van der Waals surface area (Å²) in [6.07, 6.45) is 0.682. The van der Waals surface area contributed by atoms with E-state index in [0.717, 1.165) is 0 Å². The van der Waals surface area contributed by atoms with Crippen LogP contribution in [0.15, 0.2) is 22.6 Å². The fourth-order valence-electron chi connectivity index (χ4n) is 1.47. The Hall–Kier alpha value is -1.88.